The van der Waals surface area contributed by atoms with Crippen molar-refractivity contribution in [1.82, 2.24) is 4.90 Å². The minimum atomic E-state index is -0.821. The highest BCUT2D eigenvalue weighted by Gasteiger charge is 2.30. The molecule has 1 heterocycles. The average molecular weight is 302 g/mol. The van der Waals surface area contributed by atoms with E-state index >= 15 is 0 Å². The van der Waals surface area contributed by atoms with Gasteiger partial charge >= 0.3 is 5.97 Å². The lowest BCUT2D eigenvalue weighted by Crippen LogP contribution is -2.35. The summed E-state index contributed by atoms with van der Waals surface area (Å²) >= 11 is 3.29. The van der Waals surface area contributed by atoms with E-state index in [1.165, 1.54) is 6.07 Å². The van der Waals surface area contributed by atoms with E-state index in [1.807, 2.05) is 4.90 Å². The number of aliphatic carboxylic acids is 1. The highest BCUT2D eigenvalue weighted by Crippen LogP contribution is 2.23. The highest BCUT2D eigenvalue weighted by atomic mass is 79.9. The zero-order valence-corrected chi connectivity index (χ0v) is 10.8. The van der Waals surface area contributed by atoms with Gasteiger partial charge in [-0.2, -0.15) is 0 Å². The van der Waals surface area contributed by atoms with Gasteiger partial charge in [-0.1, -0.05) is 15.9 Å². The SMILES string of the molecule is O=C(O)C1CCCN1Cc1cc(Br)ccc1F. The molecule has 1 aromatic carbocycles. The molecule has 1 N–H and O–H groups in total. The lowest BCUT2D eigenvalue weighted by atomic mass is 10.1. The van der Waals surface area contributed by atoms with Crippen LogP contribution in [0.2, 0.25) is 0 Å². The number of benzene rings is 1. The summed E-state index contributed by atoms with van der Waals surface area (Å²) in [5.41, 5.74) is 0.535. The van der Waals surface area contributed by atoms with E-state index < -0.39 is 12.0 Å². The van der Waals surface area contributed by atoms with E-state index in [2.05, 4.69) is 15.9 Å². The zero-order valence-electron chi connectivity index (χ0n) is 9.20. The topological polar surface area (TPSA) is 40.5 Å². The summed E-state index contributed by atoms with van der Waals surface area (Å²) in [5, 5.41) is 9.04. The predicted octanol–water partition coefficient (Wildman–Crippen LogP) is 2.64. The molecule has 0 aromatic heterocycles. The smallest absolute Gasteiger partial charge is 0.320 e. The summed E-state index contributed by atoms with van der Waals surface area (Å²) in [6, 6.07) is 4.25. The van der Waals surface area contributed by atoms with Crippen molar-refractivity contribution >= 4 is 21.9 Å². The fraction of sp³-hybridized carbons (Fsp3) is 0.417. The molecule has 0 aliphatic carbocycles. The number of hydrogen-bond acceptors (Lipinski definition) is 2. The third-order valence-electron chi connectivity index (χ3n) is 3.03. The summed E-state index contributed by atoms with van der Waals surface area (Å²) in [4.78, 5) is 12.8. The van der Waals surface area contributed by atoms with Gasteiger partial charge in [-0.25, -0.2) is 4.39 Å². The Hall–Kier alpha value is -0.940. The second-order valence-corrected chi connectivity index (χ2v) is 5.12. The highest BCUT2D eigenvalue weighted by molar-refractivity contribution is 9.10. The standard InChI is InChI=1S/C12H13BrFNO2/c13-9-3-4-10(14)8(6-9)7-15-5-1-2-11(15)12(16)17/h3-4,6,11H,1-2,5,7H2,(H,16,17). The summed E-state index contributed by atoms with van der Waals surface area (Å²) in [6.07, 6.45) is 1.50. The molecule has 5 heteroatoms. The van der Waals surface area contributed by atoms with Crippen molar-refractivity contribution < 1.29 is 14.3 Å². The van der Waals surface area contributed by atoms with Crippen molar-refractivity contribution in [2.45, 2.75) is 25.4 Å². The van der Waals surface area contributed by atoms with Crippen molar-refractivity contribution in [1.29, 1.82) is 0 Å². The van der Waals surface area contributed by atoms with Gasteiger partial charge in [0.2, 0.25) is 0 Å². The van der Waals surface area contributed by atoms with Crippen molar-refractivity contribution in [3.8, 4) is 0 Å². The van der Waals surface area contributed by atoms with Crippen LogP contribution in [-0.2, 0) is 11.3 Å². The maximum absolute atomic E-state index is 13.6. The van der Waals surface area contributed by atoms with Gasteiger partial charge in [-0.3, -0.25) is 9.69 Å². The molecule has 1 atom stereocenters. The Morgan fingerprint density at radius 3 is 3.06 bits per heavy atom. The van der Waals surface area contributed by atoms with Crippen molar-refractivity contribution in [2.75, 3.05) is 6.54 Å². The van der Waals surface area contributed by atoms with Gasteiger partial charge < -0.3 is 5.11 Å². The van der Waals surface area contributed by atoms with Gasteiger partial charge in [0.05, 0.1) is 0 Å². The Balaban J connectivity index is 2.15. The fourth-order valence-electron chi connectivity index (χ4n) is 2.18. The Morgan fingerprint density at radius 1 is 1.59 bits per heavy atom. The lowest BCUT2D eigenvalue weighted by molar-refractivity contribution is -0.142. The number of rotatable bonds is 3. The maximum atomic E-state index is 13.6. The molecule has 1 saturated heterocycles. The fourth-order valence-corrected chi connectivity index (χ4v) is 2.59. The third kappa shape index (κ3) is 2.84. The Morgan fingerprint density at radius 2 is 2.35 bits per heavy atom. The Kier molecular flexibility index (Phi) is 3.79. The van der Waals surface area contributed by atoms with Crippen molar-refractivity contribution in [3.05, 3.63) is 34.1 Å². The van der Waals surface area contributed by atoms with Gasteiger partial charge in [0.25, 0.3) is 0 Å². The molecule has 92 valence electrons. The number of nitrogens with zero attached hydrogens (tertiary/aromatic N) is 1. The van der Waals surface area contributed by atoms with E-state index in [0.717, 1.165) is 10.9 Å². The molecule has 2 rings (SSSR count). The maximum Gasteiger partial charge on any atom is 0.320 e. The molecule has 0 radical (unpaired) electrons. The van der Waals surface area contributed by atoms with Gasteiger partial charge in [-0.05, 0) is 37.6 Å². The minimum absolute atomic E-state index is 0.288. The molecule has 0 saturated carbocycles. The molecular weight excluding hydrogens is 289 g/mol. The first kappa shape index (κ1) is 12.5. The van der Waals surface area contributed by atoms with Gasteiger partial charge in [0, 0.05) is 16.6 Å². The van der Waals surface area contributed by atoms with E-state index in [1.54, 1.807) is 12.1 Å². The second-order valence-electron chi connectivity index (χ2n) is 4.20. The average Bonchev–Trinajstić information content (AvgIpc) is 2.71. The molecule has 1 fully saturated rings. The van der Waals surface area contributed by atoms with Crippen molar-refractivity contribution in [2.24, 2.45) is 0 Å². The summed E-state index contributed by atoms with van der Waals surface area (Å²) in [5.74, 6) is -1.11. The second kappa shape index (κ2) is 5.14. The number of carboxylic acids is 1. The monoisotopic (exact) mass is 301 g/mol. The first-order valence-corrected chi connectivity index (χ1v) is 6.28. The molecular formula is C12H13BrFNO2. The van der Waals surface area contributed by atoms with E-state index in [4.69, 9.17) is 5.11 Å². The van der Waals surface area contributed by atoms with Gasteiger partial charge in [0.15, 0.2) is 0 Å². The predicted molar refractivity (Wildman–Crippen MR) is 65.2 cm³/mol. The van der Waals surface area contributed by atoms with Gasteiger partial charge in [-0.15, -0.1) is 0 Å². The van der Waals surface area contributed by atoms with Crippen LogP contribution in [0.15, 0.2) is 22.7 Å². The van der Waals surface area contributed by atoms with Gasteiger partial charge in [0.1, 0.15) is 11.9 Å². The van der Waals surface area contributed by atoms with Crippen LogP contribution in [0.3, 0.4) is 0 Å². The molecule has 0 spiro atoms. The summed E-state index contributed by atoms with van der Waals surface area (Å²) in [7, 11) is 0. The lowest BCUT2D eigenvalue weighted by Gasteiger charge is -2.21. The van der Waals surface area contributed by atoms with Crippen LogP contribution in [0.25, 0.3) is 0 Å². The number of hydrogen-bond donors (Lipinski definition) is 1. The zero-order chi connectivity index (χ0) is 12.4. The molecule has 17 heavy (non-hydrogen) atoms. The van der Waals surface area contributed by atoms with Crippen LogP contribution in [0.4, 0.5) is 4.39 Å². The van der Waals surface area contributed by atoms with E-state index in [-0.39, 0.29) is 5.82 Å². The molecule has 3 nitrogen and oxygen atoms in total. The summed E-state index contributed by atoms with van der Waals surface area (Å²) < 4.78 is 14.4. The van der Waals surface area contributed by atoms with Crippen LogP contribution >= 0.6 is 15.9 Å². The molecule has 0 bridgehead atoms. The number of carboxylic acid groups (broad SMARTS) is 1. The van der Waals surface area contributed by atoms with E-state index in [0.29, 0.717) is 25.1 Å². The van der Waals surface area contributed by atoms with Crippen LogP contribution in [-0.4, -0.2) is 28.6 Å². The van der Waals surface area contributed by atoms with E-state index in [9.17, 15) is 9.18 Å². The quantitative estimate of drug-likeness (QED) is 0.933. The Labute approximate surface area is 107 Å². The number of carbonyl (C=O) groups is 1. The first-order valence-electron chi connectivity index (χ1n) is 5.48. The minimum Gasteiger partial charge on any atom is -0.480 e. The molecule has 1 aromatic rings. The normalized spacial score (nSPS) is 20.7. The van der Waals surface area contributed by atoms with Crippen LogP contribution in [0.1, 0.15) is 18.4 Å². The molecule has 1 aliphatic heterocycles. The first-order chi connectivity index (χ1) is 8.08. The Bertz CT molecular complexity index is 439. The van der Waals surface area contributed by atoms with Crippen molar-refractivity contribution in [3.63, 3.8) is 0 Å². The molecule has 0 amide bonds. The van der Waals surface area contributed by atoms with Crippen LogP contribution in [0, 0.1) is 5.82 Å². The summed E-state index contributed by atoms with van der Waals surface area (Å²) in [6.45, 7) is 1.06. The molecule has 1 aliphatic rings. The number of halogens is 2. The van der Waals surface area contributed by atoms with Crippen LogP contribution < -0.4 is 0 Å². The third-order valence-corrected chi connectivity index (χ3v) is 3.52. The van der Waals surface area contributed by atoms with Crippen LogP contribution in [0.5, 0.6) is 0 Å². The molecule has 1 unspecified atom stereocenters. The number of likely N-dealkylation sites (tertiary alicyclic amines) is 1. The largest absolute Gasteiger partial charge is 0.480 e.